The van der Waals surface area contributed by atoms with Gasteiger partial charge in [-0.05, 0) is 30.4 Å². The molecular weight excluding hydrogens is 158 g/mol. The fourth-order valence-electron chi connectivity index (χ4n) is 0.841. The van der Waals surface area contributed by atoms with Crippen molar-refractivity contribution >= 4 is 17.2 Å². The number of thiophene rings is 1. The minimum absolute atomic E-state index is 0.0144. The highest BCUT2D eigenvalue weighted by molar-refractivity contribution is 7.12. The molecule has 1 heterocycles. The molecule has 0 aliphatic carbocycles. The third-order valence-electron chi connectivity index (χ3n) is 1.72. The molecule has 0 unspecified atom stereocenters. The van der Waals surface area contributed by atoms with E-state index < -0.39 is 0 Å². The van der Waals surface area contributed by atoms with Gasteiger partial charge >= 0.3 is 0 Å². The lowest BCUT2D eigenvalue weighted by atomic mass is 10.2. The van der Waals surface area contributed by atoms with Gasteiger partial charge in [0.05, 0.1) is 4.88 Å². The van der Waals surface area contributed by atoms with Crippen molar-refractivity contribution in [3.63, 3.8) is 0 Å². The van der Waals surface area contributed by atoms with Gasteiger partial charge in [0, 0.05) is 7.05 Å². The van der Waals surface area contributed by atoms with E-state index in [2.05, 4.69) is 5.32 Å². The van der Waals surface area contributed by atoms with E-state index in [1.807, 2.05) is 19.2 Å². The number of carbonyl (C=O) groups is 1. The Morgan fingerprint density at radius 1 is 1.55 bits per heavy atom. The highest BCUT2D eigenvalue weighted by Gasteiger charge is 2.09. The Labute approximate surface area is 70.2 Å². The van der Waals surface area contributed by atoms with Gasteiger partial charge in [-0.1, -0.05) is 0 Å². The van der Waals surface area contributed by atoms with Gasteiger partial charge in [0.1, 0.15) is 0 Å². The molecule has 1 N–H and O–H groups in total. The molecule has 1 aromatic rings. The van der Waals surface area contributed by atoms with Crippen molar-refractivity contribution < 1.29 is 4.79 Å². The molecule has 0 aliphatic rings. The molecule has 0 atom stereocenters. The maximum atomic E-state index is 11.1. The normalized spacial score (nSPS) is 9.73. The molecule has 1 aromatic heterocycles. The van der Waals surface area contributed by atoms with Crippen molar-refractivity contribution in [3.05, 3.63) is 21.4 Å². The van der Waals surface area contributed by atoms with Crippen molar-refractivity contribution in [2.24, 2.45) is 0 Å². The number of rotatable bonds is 1. The number of aryl methyl sites for hydroxylation is 1. The first-order valence-corrected chi connectivity index (χ1v) is 4.31. The van der Waals surface area contributed by atoms with E-state index in [9.17, 15) is 4.79 Å². The Hall–Kier alpha value is -0.830. The Bertz CT molecular complexity index is 278. The molecule has 11 heavy (non-hydrogen) atoms. The molecule has 0 aliphatic heterocycles. The van der Waals surface area contributed by atoms with Crippen LogP contribution in [0.1, 0.15) is 20.8 Å². The van der Waals surface area contributed by atoms with Crippen LogP contribution in [0.3, 0.4) is 0 Å². The first-order valence-electron chi connectivity index (χ1n) is 3.43. The van der Waals surface area contributed by atoms with E-state index in [1.54, 1.807) is 7.05 Å². The Morgan fingerprint density at radius 2 is 2.18 bits per heavy atom. The minimum Gasteiger partial charge on any atom is -0.354 e. The van der Waals surface area contributed by atoms with Crippen LogP contribution in [0.2, 0.25) is 0 Å². The SMILES string of the molecule is CNC(=O)c1scc(C)c1C. The summed E-state index contributed by atoms with van der Waals surface area (Å²) in [6.07, 6.45) is 0. The molecular formula is C8H11NOS. The summed E-state index contributed by atoms with van der Waals surface area (Å²) >= 11 is 1.50. The van der Waals surface area contributed by atoms with Crippen molar-refractivity contribution in [2.75, 3.05) is 7.05 Å². The van der Waals surface area contributed by atoms with Gasteiger partial charge in [-0.3, -0.25) is 4.79 Å². The lowest BCUT2D eigenvalue weighted by Gasteiger charge is -1.96. The summed E-state index contributed by atoms with van der Waals surface area (Å²) in [4.78, 5) is 12.0. The highest BCUT2D eigenvalue weighted by atomic mass is 32.1. The van der Waals surface area contributed by atoms with Gasteiger partial charge in [0.25, 0.3) is 5.91 Å². The summed E-state index contributed by atoms with van der Waals surface area (Å²) in [5, 5.41) is 4.61. The fourth-order valence-corrected chi connectivity index (χ4v) is 1.86. The van der Waals surface area contributed by atoms with Gasteiger partial charge in [-0.25, -0.2) is 0 Å². The van der Waals surface area contributed by atoms with Crippen LogP contribution in [0.5, 0.6) is 0 Å². The van der Waals surface area contributed by atoms with Crippen molar-refractivity contribution in [3.8, 4) is 0 Å². The third kappa shape index (κ3) is 1.43. The molecule has 0 saturated heterocycles. The second-order valence-corrected chi connectivity index (χ2v) is 3.33. The first-order chi connectivity index (χ1) is 5.16. The zero-order chi connectivity index (χ0) is 8.43. The van der Waals surface area contributed by atoms with Crippen LogP contribution in [0.25, 0.3) is 0 Å². The number of carbonyl (C=O) groups excluding carboxylic acids is 1. The van der Waals surface area contributed by atoms with E-state index in [1.165, 1.54) is 16.9 Å². The summed E-state index contributed by atoms with van der Waals surface area (Å²) < 4.78 is 0. The Balaban J connectivity index is 3.04. The molecule has 0 fully saturated rings. The lowest BCUT2D eigenvalue weighted by molar-refractivity contribution is 0.0966. The van der Waals surface area contributed by atoms with E-state index in [0.29, 0.717) is 0 Å². The zero-order valence-corrected chi connectivity index (χ0v) is 7.71. The molecule has 2 nitrogen and oxygen atoms in total. The van der Waals surface area contributed by atoms with E-state index in [-0.39, 0.29) is 5.91 Å². The summed E-state index contributed by atoms with van der Waals surface area (Å²) in [5.74, 6) is 0.0144. The van der Waals surface area contributed by atoms with Crippen LogP contribution in [-0.4, -0.2) is 13.0 Å². The average molecular weight is 169 g/mol. The topological polar surface area (TPSA) is 29.1 Å². The highest BCUT2D eigenvalue weighted by Crippen LogP contribution is 2.20. The lowest BCUT2D eigenvalue weighted by Crippen LogP contribution is -2.17. The zero-order valence-electron chi connectivity index (χ0n) is 6.89. The average Bonchev–Trinajstić information content (AvgIpc) is 2.32. The summed E-state index contributed by atoms with van der Waals surface area (Å²) in [7, 11) is 1.65. The Morgan fingerprint density at radius 3 is 2.55 bits per heavy atom. The number of amides is 1. The molecule has 3 heteroatoms. The third-order valence-corrected chi connectivity index (χ3v) is 2.92. The largest absolute Gasteiger partial charge is 0.354 e. The van der Waals surface area contributed by atoms with Gasteiger partial charge in [0.2, 0.25) is 0 Å². The summed E-state index contributed by atoms with van der Waals surface area (Å²) in [5.41, 5.74) is 2.28. The summed E-state index contributed by atoms with van der Waals surface area (Å²) in [6, 6.07) is 0. The van der Waals surface area contributed by atoms with Gasteiger partial charge < -0.3 is 5.32 Å². The second kappa shape index (κ2) is 3.05. The maximum Gasteiger partial charge on any atom is 0.261 e. The van der Waals surface area contributed by atoms with E-state index >= 15 is 0 Å². The van der Waals surface area contributed by atoms with Crippen LogP contribution in [0.15, 0.2) is 5.38 Å². The molecule has 60 valence electrons. The molecule has 0 aromatic carbocycles. The monoisotopic (exact) mass is 169 g/mol. The first kappa shape index (κ1) is 8.27. The van der Waals surface area contributed by atoms with E-state index in [4.69, 9.17) is 0 Å². The molecule has 0 spiro atoms. The standard InChI is InChI=1S/C8H11NOS/c1-5-4-11-7(6(5)2)8(10)9-3/h4H,1-3H3,(H,9,10). The van der Waals surface area contributed by atoms with Crippen LogP contribution in [-0.2, 0) is 0 Å². The maximum absolute atomic E-state index is 11.1. The number of hydrogen-bond donors (Lipinski definition) is 1. The van der Waals surface area contributed by atoms with Crippen LogP contribution in [0, 0.1) is 13.8 Å². The number of nitrogens with one attached hydrogen (secondary N) is 1. The second-order valence-electron chi connectivity index (χ2n) is 2.45. The van der Waals surface area contributed by atoms with Gasteiger partial charge in [0.15, 0.2) is 0 Å². The van der Waals surface area contributed by atoms with Gasteiger partial charge in [-0.15, -0.1) is 11.3 Å². The van der Waals surface area contributed by atoms with Crippen molar-refractivity contribution in [1.29, 1.82) is 0 Å². The van der Waals surface area contributed by atoms with E-state index in [0.717, 1.165) is 10.4 Å². The van der Waals surface area contributed by atoms with Crippen molar-refractivity contribution in [2.45, 2.75) is 13.8 Å². The smallest absolute Gasteiger partial charge is 0.261 e. The molecule has 1 amide bonds. The predicted octanol–water partition coefficient (Wildman–Crippen LogP) is 1.72. The minimum atomic E-state index is 0.0144. The van der Waals surface area contributed by atoms with Gasteiger partial charge in [-0.2, -0.15) is 0 Å². The van der Waals surface area contributed by atoms with Crippen molar-refractivity contribution in [1.82, 2.24) is 5.32 Å². The fraction of sp³-hybridized carbons (Fsp3) is 0.375. The van der Waals surface area contributed by atoms with Crippen LogP contribution >= 0.6 is 11.3 Å². The molecule has 1 rings (SSSR count). The number of hydrogen-bond acceptors (Lipinski definition) is 2. The predicted molar refractivity (Wildman–Crippen MR) is 47.2 cm³/mol. The van der Waals surface area contributed by atoms with Crippen LogP contribution < -0.4 is 5.32 Å². The Kier molecular flexibility index (Phi) is 2.29. The quantitative estimate of drug-likeness (QED) is 0.681. The summed E-state index contributed by atoms with van der Waals surface area (Å²) in [6.45, 7) is 3.98. The molecule has 0 bridgehead atoms. The van der Waals surface area contributed by atoms with Crippen LogP contribution in [0.4, 0.5) is 0 Å². The molecule has 0 radical (unpaired) electrons. The molecule has 0 saturated carbocycles.